The summed E-state index contributed by atoms with van der Waals surface area (Å²) in [6.07, 6.45) is 0. The lowest BCUT2D eigenvalue weighted by Gasteiger charge is -2.09. The molecule has 3 rings (SSSR count). The van der Waals surface area contributed by atoms with Crippen LogP contribution in [0.25, 0.3) is 16.5 Å². The zero-order valence-electron chi connectivity index (χ0n) is 11.5. The van der Waals surface area contributed by atoms with Crippen LogP contribution in [0.1, 0.15) is 5.69 Å². The van der Waals surface area contributed by atoms with Gasteiger partial charge in [-0.1, -0.05) is 29.8 Å². The van der Waals surface area contributed by atoms with Crippen molar-refractivity contribution in [3.05, 3.63) is 73.6 Å². The Labute approximate surface area is 129 Å². The third-order valence-electron chi connectivity index (χ3n) is 3.35. The Morgan fingerprint density at radius 2 is 1.86 bits per heavy atom. The fraction of sp³-hybridized carbons (Fsp3) is 0.0667. The molecule has 0 unspecified atom stereocenters. The number of nitro benzene ring substituents is 1. The summed E-state index contributed by atoms with van der Waals surface area (Å²) in [4.78, 5) is 23.2. The van der Waals surface area contributed by atoms with E-state index in [4.69, 9.17) is 11.6 Å². The molecule has 0 aliphatic rings. The summed E-state index contributed by atoms with van der Waals surface area (Å²) in [7, 11) is 0. The number of fused-ring (bicyclic) bond motifs is 1. The summed E-state index contributed by atoms with van der Waals surface area (Å²) in [5.74, 6) is 0. The summed E-state index contributed by atoms with van der Waals surface area (Å²) < 4.78 is 1.03. The number of hydrogen-bond donors (Lipinski definition) is 0. The first-order valence-electron chi connectivity index (χ1n) is 6.42. The molecule has 0 radical (unpaired) electrons. The number of nitrogens with zero attached hydrogens (tertiary/aromatic N) is 3. The Morgan fingerprint density at radius 1 is 1.18 bits per heavy atom. The number of rotatable bonds is 2. The van der Waals surface area contributed by atoms with Crippen LogP contribution in [0.5, 0.6) is 0 Å². The molecule has 110 valence electrons. The molecule has 0 aliphatic heterocycles. The maximum atomic E-state index is 12.6. The van der Waals surface area contributed by atoms with Crippen molar-refractivity contribution in [2.45, 2.75) is 6.92 Å². The summed E-state index contributed by atoms with van der Waals surface area (Å²) in [5, 5.41) is 16.8. The van der Waals surface area contributed by atoms with E-state index in [1.807, 2.05) is 6.07 Å². The van der Waals surface area contributed by atoms with Crippen LogP contribution >= 0.6 is 11.6 Å². The molecule has 6 nitrogen and oxygen atoms in total. The van der Waals surface area contributed by atoms with Gasteiger partial charge in [-0.15, -0.1) is 0 Å². The summed E-state index contributed by atoms with van der Waals surface area (Å²) >= 11 is 5.92. The van der Waals surface area contributed by atoms with Crippen molar-refractivity contribution < 1.29 is 4.92 Å². The van der Waals surface area contributed by atoms with Gasteiger partial charge in [-0.2, -0.15) is 9.78 Å². The predicted octanol–water partition coefficient (Wildman–Crippen LogP) is 3.26. The highest BCUT2D eigenvalue weighted by Crippen LogP contribution is 2.25. The average Bonchev–Trinajstić information content (AvgIpc) is 2.50. The van der Waals surface area contributed by atoms with E-state index in [-0.39, 0.29) is 11.4 Å². The Kier molecular flexibility index (Phi) is 3.38. The topological polar surface area (TPSA) is 78.0 Å². The molecule has 22 heavy (non-hydrogen) atoms. The van der Waals surface area contributed by atoms with Crippen LogP contribution in [0.2, 0.25) is 5.02 Å². The lowest BCUT2D eigenvalue weighted by molar-refractivity contribution is -0.384. The number of nitro groups is 1. The van der Waals surface area contributed by atoms with Gasteiger partial charge in [0.2, 0.25) is 0 Å². The van der Waals surface area contributed by atoms with E-state index in [0.29, 0.717) is 21.5 Å². The Morgan fingerprint density at radius 3 is 2.55 bits per heavy atom. The van der Waals surface area contributed by atoms with Gasteiger partial charge >= 0.3 is 0 Å². The summed E-state index contributed by atoms with van der Waals surface area (Å²) in [5.41, 5.74) is 0.000995. The largest absolute Gasteiger partial charge is 0.295 e. The first-order valence-corrected chi connectivity index (χ1v) is 6.80. The van der Waals surface area contributed by atoms with Crippen molar-refractivity contribution in [2.75, 3.05) is 0 Å². The van der Waals surface area contributed by atoms with Crippen LogP contribution in [-0.2, 0) is 0 Å². The lowest BCUT2D eigenvalue weighted by atomic mass is 10.1. The molecule has 0 fully saturated rings. The standard InChI is InChI=1S/C15H10ClN3O3/c1-9-11-4-2-3-5-12(11)15(20)18(17-9)14-8-10(16)6-7-13(14)19(21)22/h2-8H,1H3. The fourth-order valence-electron chi connectivity index (χ4n) is 2.33. The van der Waals surface area contributed by atoms with Gasteiger partial charge in [-0.25, -0.2) is 0 Å². The molecule has 7 heteroatoms. The quantitative estimate of drug-likeness (QED) is 0.537. The molecule has 0 N–H and O–H groups in total. The van der Waals surface area contributed by atoms with E-state index < -0.39 is 10.5 Å². The maximum absolute atomic E-state index is 12.6. The van der Waals surface area contributed by atoms with Crippen LogP contribution in [-0.4, -0.2) is 14.7 Å². The Hall–Kier alpha value is -2.73. The summed E-state index contributed by atoms with van der Waals surface area (Å²) in [6.45, 7) is 1.74. The normalized spacial score (nSPS) is 10.8. The van der Waals surface area contributed by atoms with E-state index >= 15 is 0 Å². The third-order valence-corrected chi connectivity index (χ3v) is 3.59. The van der Waals surface area contributed by atoms with Gasteiger partial charge < -0.3 is 0 Å². The van der Waals surface area contributed by atoms with Crippen LogP contribution in [0.4, 0.5) is 5.69 Å². The van der Waals surface area contributed by atoms with Crippen molar-refractivity contribution in [1.29, 1.82) is 0 Å². The van der Waals surface area contributed by atoms with Crippen LogP contribution in [0, 0.1) is 17.0 Å². The number of halogens is 1. The molecular weight excluding hydrogens is 306 g/mol. The molecule has 0 saturated carbocycles. The number of hydrogen-bond acceptors (Lipinski definition) is 4. The first-order chi connectivity index (χ1) is 10.5. The fourth-order valence-corrected chi connectivity index (χ4v) is 2.50. The molecule has 3 aromatic rings. The van der Waals surface area contributed by atoms with Gasteiger partial charge in [0, 0.05) is 16.5 Å². The monoisotopic (exact) mass is 315 g/mol. The second-order valence-electron chi connectivity index (χ2n) is 4.74. The highest BCUT2D eigenvalue weighted by atomic mass is 35.5. The Bertz CT molecular complexity index is 966. The lowest BCUT2D eigenvalue weighted by Crippen LogP contribution is -2.23. The second kappa shape index (κ2) is 5.23. The molecule has 1 heterocycles. The average molecular weight is 316 g/mol. The molecule has 0 spiro atoms. The van der Waals surface area contributed by atoms with Gasteiger partial charge in [-0.05, 0) is 25.1 Å². The number of benzene rings is 2. The first kappa shape index (κ1) is 14.2. The van der Waals surface area contributed by atoms with Gasteiger partial charge in [-0.3, -0.25) is 14.9 Å². The molecule has 0 aliphatic carbocycles. The van der Waals surface area contributed by atoms with Crippen LogP contribution < -0.4 is 5.56 Å². The van der Waals surface area contributed by atoms with Crippen molar-refractivity contribution >= 4 is 28.1 Å². The van der Waals surface area contributed by atoms with Crippen molar-refractivity contribution in [1.82, 2.24) is 9.78 Å². The maximum Gasteiger partial charge on any atom is 0.295 e. The van der Waals surface area contributed by atoms with E-state index in [9.17, 15) is 14.9 Å². The number of aromatic nitrogens is 2. The van der Waals surface area contributed by atoms with Crippen molar-refractivity contribution in [3.63, 3.8) is 0 Å². The van der Waals surface area contributed by atoms with Gasteiger partial charge in [0.05, 0.1) is 16.0 Å². The third kappa shape index (κ3) is 2.23. The van der Waals surface area contributed by atoms with Gasteiger partial charge in [0.25, 0.3) is 11.2 Å². The van der Waals surface area contributed by atoms with Gasteiger partial charge in [0.1, 0.15) is 5.69 Å². The minimum absolute atomic E-state index is 0.0522. The van der Waals surface area contributed by atoms with E-state index in [1.54, 1.807) is 25.1 Å². The minimum atomic E-state index is -0.565. The van der Waals surface area contributed by atoms with Gasteiger partial charge in [0.15, 0.2) is 0 Å². The molecular formula is C15H10ClN3O3. The second-order valence-corrected chi connectivity index (χ2v) is 5.17. The van der Waals surface area contributed by atoms with Crippen molar-refractivity contribution in [2.24, 2.45) is 0 Å². The molecule has 0 bridgehead atoms. The molecule has 0 atom stereocenters. The predicted molar refractivity (Wildman–Crippen MR) is 83.7 cm³/mol. The summed E-state index contributed by atoms with van der Waals surface area (Å²) in [6, 6.07) is 11.0. The SMILES string of the molecule is Cc1nn(-c2cc(Cl)ccc2[N+](=O)[O-])c(=O)c2ccccc12. The molecule has 0 amide bonds. The number of aryl methyl sites for hydroxylation is 1. The highest BCUT2D eigenvalue weighted by molar-refractivity contribution is 6.30. The van der Waals surface area contributed by atoms with Crippen LogP contribution in [0.15, 0.2) is 47.3 Å². The minimum Gasteiger partial charge on any atom is -0.267 e. The van der Waals surface area contributed by atoms with Crippen molar-refractivity contribution in [3.8, 4) is 5.69 Å². The zero-order valence-corrected chi connectivity index (χ0v) is 12.2. The smallest absolute Gasteiger partial charge is 0.267 e. The van der Waals surface area contributed by atoms with E-state index in [1.165, 1.54) is 18.2 Å². The molecule has 2 aromatic carbocycles. The highest BCUT2D eigenvalue weighted by Gasteiger charge is 2.19. The Balaban J connectivity index is 2.42. The van der Waals surface area contributed by atoms with E-state index in [0.717, 1.165) is 4.68 Å². The molecule has 1 aromatic heterocycles. The van der Waals surface area contributed by atoms with Crippen LogP contribution in [0.3, 0.4) is 0 Å². The van der Waals surface area contributed by atoms with E-state index in [2.05, 4.69) is 5.10 Å². The zero-order chi connectivity index (χ0) is 15.9. The molecule has 0 saturated heterocycles.